The Balaban J connectivity index is 1.76. The second kappa shape index (κ2) is 8.68. The second-order valence-electron chi connectivity index (χ2n) is 5.21. The summed E-state index contributed by atoms with van der Waals surface area (Å²) >= 11 is 0. The van der Waals surface area contributed by atoms with Crippen molar-refractivity contribution in [3.05, 3.63) is 54.0 Å². The number of carbonyl (C=O) groups is 3. The van der Waals surface area contributed by atoms with Crippen LogP contribution in [0.2, 0.25) is 0 Å². The van der Waals surface area contributed by atoms with Gasteiger partial charge in [-0.2, -0.15) is 0 Å². The number of benzene rings is 1. The zero-order valence-corrected chi connectivity index (χ0v) is 14.0. The molecule has 25 heavy (non-hydrogen) atoms. The molecule has 1 amide bonds. The van der Waals surface area contributed by atoms with E-state index >= 15 is 0 Å². The van der Waals surface area contributed by atoms with E-state index in [9.17, 15) is 14.4 Å². The van der Waals surface area contributed by atoms with Gasteiger partial charge in [-0.05, 0) is 43.3 Å². The highest BCUT2D eigenvalue weighted by atomic mass is 16.5. The Morgan fingerprint density at radius 1 is 1.16 bits per heavy atom. The first-order valence-corrected chi connectivity index (χ1v) is 7.70. The molecule has 0 fully saturated rings. The van der Waals surface area contributed by atoms with Gasteiger partial charge in [-0.1, -0.05) is 0 Å². The molecule has 1 heterocycles. The lowest BCUT2D eigenvalue weighted by molar-refractivity contribution is -0.146. The van der Waals surface area contributed by atoms with Gasteiger partial charge in [0.2, 0.25) is 5.78 Å². The lowest BCUT2D eigenvalue weighted by Gasteiger charge is -2.12. The molecule has 0 aliphatic rings. The number of rotatable bonds is 8. The van der Waals surface area contributed by atoms with Crippen LogP contribution in [0.5, 0.6) is 5.75 Å². The number of Topliss-reactive ketones (excluding diaryl/α,β-unsaturated/α-hetero) is 1. The monoisotopic (exact) mass is 345 g/mol. The third-order valence-corrected chi connectivity index (χ3v) is 3.41. The Bertz CT molecular complexity index is 721. The van der Waals surface area contributed by atoms with Crippen molar-refractivity contribution in [3.63, 3.8) is 0 Å². The minimum Gasteiger partial charge on any atom is -0.497 e. The van der Waals surface area contributed by atoms with Gasteiger partial charge in [0.15, 0.2) is 11.9 Å². The van der Waals surface area contributed by atoms with E-state index in [1.54, 1.807) is 30.3 Å². The van der Waals surface area contributed by atoms with Gasteiger partial charge in [0.05, 0.1) is 19.8 Å². The number of methoxy groups -OCH3 is 1. The van der Waals surface area contributed by atoms with E-state index in [1.165, 1.54) is 26.4 Å². The van der Waals surface area contributed by atoms with Crippen molar-refractivity contribution < 1.29 is 28.3 Å². The zero-order chi connectivity index (χ0) is 18.2. The van der Waals surface area contributed by atoms with E-state index in [0.717, 1.165) is 0 Å². The third kappa shape index (κ3) is 5.20. The van der Waals surface area contributed by atoms with Crippen LogP contribution in [0.4, 0.5) is 0 Å². The fourth-order valence-corrected chi connectivity index (χ4v) is 2.07. The molecule has 7 nitrogen and oxygen atoms in total. The quantitative estimate of drug-likeness (QED) is 0.582. The molecule has 2 aromatic rings. The molecule has 0 aliphatic heterocycles. The lowest BCUT2D eigenvalue weighted by atomic mass is 10.1. The van der Waals surface area contributed by atoms with Gasteiger partial charge in [0.25, 0.3) is 5.91 Å². The van der Waals surface area contributed by atoms with Crippen LogP contribution >= 0.6 is 0 Å². The first kappa shape index (κ1) is 18.3. The van der Waals surface area contributed by atoms with Crippen LogP contribution in [-0.2, 0) is 9.53 Å². The number of hydrogen-bond donors (Lipinski definition) is 1. The molecule has 0 saturated carbocycles. The third-order valence-electron chi connectivity index (χ3n) is 3.41. The van der Waals surface area contributed by atoms with Crippen molar-refractivity contribution in [3.8, 4) is 5.75 Å². The highest BCUT2D eigenvalue weighted by Crippen LogP contribution is 2.14. The maximum Gasteiger partial charge on any atom is 0.308 e. The zero-order valence-electron chi connectivity index (χ0n) is 14.0. The van der Waals surface area contributed by atoms with Crippen molar-refractivity contribution in [1.82, 2.24) is 5.32 Å². The normalized spacial score (nSPS) is 11.4. The Kier molecular flexibility index (Phi) is 6.33. The number of nitrogens with one attached hydrogen (secondary N) is 1. The minimum absolute atomic E-state index is 0.0489. The van der Waals surface area contributed by atoms with Crippen LogP contribution in [0.15, 0.2) is 47.1 Å². The maximum absolute atomic E-state index is 12.2. The van der Waals surface area contributed by atoms with Crippen LogP contribution in [0.25, 0.3) is 0 Å². The Morgan fingerprint density at radius 3 is 2.48 bits per heavy atom. The minimum atomic E-state index is -0.915. The fraction of sp³-hybridized carbons (Fsp3) is 0.278. The molecule has 0 radical (unpaired) electrons. The molecule has 1 aromatic heterocycles. The Hall–Kier alpha value is -3.09. The smallest absolute Gasteiger partial charge is 0.308 e. The summed E-state index contributed by atoms with van der Waals surface area (Å²) in [6.45, 7) is 1.59. The van der Waals surface area contributed by atoms with E-state index in [-0.39, 0.29) is 24.5 Å². The first-order valence-electron chi connectivity index (χ1n) is 7.70. The Morgan fingerprint density at radius 2 is 1.88 bits per heavy atom. The summed E-state index contributed by atoms with van der Waals surface area (Å²) in [5.41, 5.74) is 0.423. The molecular formula is C18H19NO6. The number of furan rings is 1. The average molecular weight is 345 g/mol. The summed E-state index contributed by atoms with van der Waals surface area (Å²) in [5, 5.41) is 2.53. The molecule has 1 N–H and O–H groups in total. The van der Waals surface area contributed by atoms with E-state index in [1.807, 2.05) is 0 Å². The van der Waals surface area contributed by atoms with Gasteiger partial charge in [-0.15, -0.1) is 0 Å². The molecule has 0 aliphatic carbocycles. The predicted octanol–water partition coefficient (Wildman–Crippen LogP) is 2.22. The molecular weight excluding hydrogens is 326 g/mol. The van der Waals surface area contributed by atoms with Gasteiger partial charge >= 0.3 is 5.97 Å². The molecule has 0 unspecified atom stereocenters. The largest absolute Gasteiger partial charge is 0.497 e. The number of ether oxygens (including phenoxy) is 2. The summed E-state index contributed by atoms with van der Waals surface area (Å²) in [5.74, 6) is -0.505. The molecule has 0 bridgehead atoms. The van der Waals surface area contributed by atoms with E-state index < -0.39 is 18.0 Å². The van der Waals surface area contributed by atoms with Gasteiger partial charge < -0.3 is 19.2 Å². The van der Waals surface area contributed by atoms with Gasteiger partial charge in [0.1, 0.15) is 5.75 Å². The van der Waals surface area contributed by atoms with Crippen LogP contribution in [0, 0.1) is 0 Å². The standard InChI is InChI=1S/C18H19NO6/c1-12(17(21)13-5-7-14(23-2)8-6-13)25-16(20)9-10-19-18(22)15-4-3-11-24-15/h3-8,11-12H,9-10H2,1-2H3,(H,19,22)/t12-/m0/s1. The Labute approximate surface area is 144 Å². The lowest BCUT2D eigenvalue weighted by Crippen LogP contribution is -2.29. The van der Waals surface area contributed by atoms with Crippen LogP contribution in [-0.4, -0.2) is 37.4 Å². The van der Waals surface area contributed by atoms with Crippen molar-refractivity contribution in [2.24, 2.45) is 0 Å². The van der Waals surface area contributed by atoms with Crippen molar-refractivity contribution in [2.75, 3.05) is 13.7 Å². The van der Waals surface area contributed by atoms with E-state index in [0.29, 0.717) is 11.3 Å². The summed E-state index contributed by atoms with van der Waals surface area (Å²) in [6, 6.07) is 9.64. The number of ketones is 1. The first-order chi connectivity index (χ1) is 12.0. The molecule has 0 spiro atoms. The summed E-state index contributed by atoms with van der Waals surface area (Å²) in [4.78, 5) is 35.6. The van der Waals surface area contributed by atoms with E-state index in [4.69, 9.17) is 13.9 Å². The molecule has 2 rings (SSSR count). The van der Waals surface area contributed by atoms with Crippen LogP contribution in [0.1, 0.15) is 34.3 Å². The molecule has 7 heteroatoms. The summed E-state index contributed by atoms with van der Waals surface area (Å²) < 4.78 is 15.1. The van der Waals surface area contributed by atoms with Crippen molar-refractivity contribution in [2.45, 2.75) is 19.4 Å². The van der Waals surface area contributed by atoms with Crippen LogP contribution < -0.4 is 10.1 Å². The summed E-state index contributed by atoms with van der Waals surface area (Å²) in [6.07, 6.45) is 0.421. The van der Waals surface area contributed by atoms with Crippen molar-refractivity contribution >= 4 is 17.7 Å². The maximum atomic E-state index is 12.2. The highest BCUT2D eigenvalue weighted by Gasteiger charge is 2.19. The van der Waals surface area contributed by atoms with Gasteiger partial charge in [-0.25, -0.2) is 0 Å². The number of amides is 1. The SMILES string of the molecule is COc1ccc(C(=O)[C@H](C)OC(=O)CCNC(=O)c2ccco2)cc1. The number of carbonyl (C=O) groups excluding carboxylic acids is 3. The molecule has 1 atom stereocenters. The average Bonchev–Trinajstić information content (AvgIpc) is 3.15. The topological polar surface area (TPSA) is 94.8 Å². The van der Waals surface area contributed by atoms with Crippen molar-refractivity contribution in [1.29, 1.82) is 0 Å². The van der Waals surface area contributed by atoms with Gasteiger partial charge in [-0.3, -0.25) is 14.4 Å². The molecule has 132 valence electrons. The molecule has 0 saturated heterocycles. The summed E-state index contributed by atoms with van der Waals surface area (Å²) in [7, 11) is 1.53. The number of esters is 1. The van der Waals surface area contributed by atoms with E-state index in [2.05, 4.69) is 5.32 Å². The number of hydrogen-bond acceptors (Lipinski definition) is 6. The second-order valence-corrected chi connectivity index (χ2v) is 5.21. The van der Waals surface area contributed by atoms with Crippen LogP contribution in [0.3, 0.4) is 0 Å². The van der Waals surface area contributed by atoms with Gasteiger partial charge in [0, 0.05) is 12.1 Å². The highest BCUT2D eigenvalue weighted by molar-refractivity contribution is 6.00. The molecule has 1 aromatic carbocycles. The fourth-order valence-electron chi connectivity index (χ4n) is 2.07. The predicted molar refractivity (Wildman–Crippen MR) is 88.5 cm³/mol.